The van der Waals surface area contributed by atoms with Crippen molar-refractivity contribution in [2.24, 2.45) is 4.99 Å². The summed E-state index contributed by atoms with van der Waals surface area (Å²) in [4.78, 5) is 11.4. The van der Waals surface area contributed by atoms with Crippen LogP contribution in [0.25, 0.3) is 0 Å². The Bertz CT molecular complexity index is 892. The Balaban J connectivity index is 0.00000320. The molecule has 1 fully saturated rings. The molecule has 0 spiro atoms. The summed E-state index contributed by atoms with van der Waals surface area (Å²) < 4.78 is 23.1. The van der Waals surface area contributed by atoms with Crippen molar-refractivity contribution in [3.8, 4) is 0 Å². The van der Waals surface area contributed by atoms with E-state index in [1.807, 2.05) is 23.5 Å². The van der Waals surface area contributed by atoms with Crippen molar-refractivity contribution in [3.05, 3.63) is 52.2 Å². The number of aliphatic imine (C=N–C) groups is 1. The van der Waals surface area contributed by atoms with Crippen molar-refractivity contribution < 1.29 is 8.42 Å². The zero-order chi connectivity index (χ0) is 20.7. The lowest BCUT2D eigenvalue weighted by Crippen LogP contribution is -2.52. The maximum absolute atomic E-state index is 11.6. The molecule has 0 bridgehead atoms. The van der Waals surface area contributed by atoms with Crippen LogP contribution in [0, 0.1) is 0 Å². The molecule has 0 amide bonds. The van der Waals surface area contributed by atoms with Crippen LogP contribution in [0.2, 0.25) is 0 Å². The van der Waals surface area contributed by atoms with Gasteiger partial charge in [0, 0.05) is 56.9 Å². The third-order valence-electron chi connectivity index (χ3n) is 4.98. The summed E-state index contributed by atoms with van der Waals surface area (Å²) in [6.07, 6.45) is 2.02. The molecule has 1 aromatic carbocycles. The van der Waals surface area contributed by atoms with Gasteiger partial charge in [-0.3, -0.25) is 9.89 Å². The number of rotatable bonds is 7. The third-order valence-corrected chi connectivity index (χ3v) is 6.97. The fourth-order valence-electron chi connectivity index (χ4n) is 3.36. The molecule has 1 aliphatic heterocycles. The SMILES string of the molecule is CCNC(=NCCc1ccc(S(C)(=O)=O)cc1)N1CCN(Cc2cccs2)CC1.I. The number of halogens is 1. The van der Waals surface area contributed by atoms with E-state index in [0.717, 1.165) is 57.2 Å². The molecule has 0 unspecified atom stereocenters. The number of hydrogen-bond acceptors (Lipinski definition) is 5. The summed E-state index contributed by atoms with van der Waals surface area (Å²) in [5.41, 5.74) is 1.10. The number of hydrogen-bond donors (Lipinski definition) is 1. The van der Waals surface area contributed by atoms with E-state index in [-0.39, 0.29) is 24.0 Å². The van der Waals surface area contributed by atoms with Crippen molar-refractivity contribution in [2.75, 3.05) is 45.5 Å². The minimum atomic E-state index is -3.14. The van der Waals surface area contributed by atoms with E-state index in [1.165, 1.54) is 11.1 Å². The number of nitrogens with zero attached hydrogens (tertiary/aromatic N) is 3. The van der Waals surface area contributed by atoms with Crippen molar-refractivity contribution in [2.45, 2.75) is 24.8 Å². The van der Waals surface area contributed by atoms with Gasteiger partial charge in [-0.2, -0.15) is 0 Å². The predicted molar refractivity (Wildman–Crippen MR) is 136 cm³/mol. The van der Waals surface area contributed by atoms with E-state index >= 15 is 0 Å². The quantitative estimate of drug-likeness (QED) is 0.319. The van der Waals surface area contributed by atoms with Crippen LogP contribution >= 0.6 is 35.3 Å². The van der Waals surface area contributed by atoms with Crippen LogP contribution < -0.4 is 5.32 Å². The largest absolute Gasteiger partial charge is 0.357 e. The lowest BCUT2D eigenvalue weighted by atomic mass is 10.1. The van der Waals surface area contributed by atoms with E-state index < -0.39 is 9.84 Å². The predicted octanol–water partition coefficient (Wildman–Crippen LogP) is 3.10. The molecule has 1 saturated heterocycles. The molecule has 30 heavy (non-hydrogen) atoms. The molecule has 2 heterocycles. The van der Waals surface area contributed by atoms with Gasteiger partial charge < -0.3 is 10.2 Å². The normalized spacial score (nSPS) is 15.7. The Morgan fingerprint density at radius 3 is 2.40 bits per heavy atom. The Morgan fingerprint density at radius 1 is 1.13 bits per heavy atom. The smallest absolute Gasteiger partial charge is 0.194 e. The van der Waals surface area contributed by atoms with Gasteiger partial charge in [0.25, 0.3) is 0 Å². The van der Waals surface area contributed by atoms with Gasteiger partial charge >= 0.3 is 0 Å². The Hall–Kier alpha value is -1.17. The van der Waals surface area contributed by atoms with E-state index in [9.17, 15) is 8.42 Å². The fourth-order valence-corrected chi connectivity index (χ4v) is 4.74. The molecule has 1 aliphatic rings. The minimum absolute atomic E-state index is 0. The Kier molecular flexibility index (Phi) is 10.1. The molecule has 0 aliphatic carbocycles. The number of piperazine rings is 1. The average molecular weight is 563 g/mol. The van der Waals surface area contributed by atoms with E-state index in [4.69, 9.17) is 4.99 Å². The van der Waals surface area contributed by atoms with E-state index in [0.29, 0.717) is 11.4 Å². The molecule has 6 nitrogen and oxygen atoms in total. The summed E-state index contributed by atoms with van der Waals surface area (Å²) >= 11 is 1.82. The molecule has 1 aromatic heterocycles. The second-order valence-electron chi connectivity index (χ2n) is 7.24. The van der Waals surface area contributed by atoms with Crippen molar-refractivity contribution in [1.29, 1.82) is 0 Å². The molecule has 9 heteroatoms. The average Bonchev–Trinajstić information content (AvgIpc) is 3.21. The topological polar surface area (TPSA) is 65.0 Å². The van der Waals surface area contributed by atoms with Crippen LogP contribution in [0.4, 0.5) is 0 Å². The van der Waals surface area contributed by atoms with Gasteiger partial charge in [-0.1, -0.05) is 18.2 Å². The van der Waals surface area contributed by atoms with Crippen LogP contribution in [-0.4, -0.2) is 69.7 Å². The van der Waals surface area contributed by atoms with Crippen LogP contribution in [0.5, 0.6) is 0 Å². The standard InChI is InChI=1S/C21H30N4O2S2.HI/c1-3-22-21(23-11-10-18-6-8-20(9-7-18)29(2,26)27)25-14-12-24(13-15-25)17-19-5-4-16-28-19;/h4-9,16H,3,10-15,17H2,1-2H3,(H,22,23);1H. The van der Waals surface area contributed by atoms with Crippen molar-refractivity contribution in [1.82, 2.24) is 15.1 Å². The van der Waals surface area contributed by atoms with Crippen molar-refractivity contribution in [3.63, 3.8) is 0 Å². The fraction of sp³-hybridized carbons (Fsp3) is 0.476. The lowest BCUT2D eigenvalue weighted by molar-refractivity contribution is 0.173. The highest BCUT2D eigenvalue weighted by Gasteiger charge is 2.19. The van der Waals surface area contributed by atoms with Gasteiger partial charge in [0.05, 0.1) is 4.90 Å². The summed E-state index contributed by atoms with van der Waals surface area (Å²) in [5.74, 6) is 0.969. The zero-order valence-corrected chi connectivity index (χ0v) is 21.5. The number of benzene rings is 1. The van der Waals surface area contributed by atoms with Gasteiger partial charge in [0.2, 0.25) is 0 Å². The van der Waals surface area contributed by atoms with Gasteiger partial charge in [-0.15, -0.1) is 35.3 Å². The van der Waals surface area contributed by atoms with Crippen LogP contribution in [-0.2, 0) is 22.8 Å². The first-order valence-corrected chi connectivity index (χ1v) is 12.8. The highest BCUT2D eigenvalue weighted by molar-refractivity contribution is 14.0. The van der Waals surface area contributed by atoms with Gasteiger partial charge in [0.15, 0.2) is 15.8 Å². The molecule has 1 N–H and O–H groups in total. The number of nitrogens with one attached hydrogen (secondary N) is 1. The first kappa shape index (κ1) is 25.1. The number of guanidine groups is 1. The maximum Gasteiger partial charge on any atom is 0.194 e. The molecule has 2 aromatic rings. The summed E-state index contributed by atoms with van der Waals surface area (Å²) in [7, 11) is -3.14. The number of sulfone groups is 1. The van der Waals surface area contributed by atoms with Crippen LogP contribution in [0.3, 0.4) is 0 Å². The van der Waals surface area contributed by atoms with E-state index in [2.05, 4.69) is 39.6 Å². The highest BCUT2D eigenvalue weighted by atomic mass is 127. The van der Waals surface area contributed by atoms with Crippen molar-refractivity contribution >= 4 is 51.1 Å². The maximum atomic E-state index is 11.6. The molecule has 0 atom stereocenters. The lowest BCUT2D eigenvalue weighted by Gasteiger charge is -2.36. The molecular formula is C21H31IN4O2S2. The first-order chi connectivity index (χ1) is 14.0. The second kappa shape index (κ2) is 12.0. The van der Waals surface area contributed by atoms with E-state index in [1.54, 1.807) is 12.1 Å². The van der Waals surface area contributed by atoms with Crippen LogP contribution in [0.1, 0.15) is 17.4 Å². The third kappa shape index (κ3) is 7.51. The Morgan fingerprint density at radius 2 is 1.83 bits per heavy atom. The first-order valence-electron chi connectivity index (χ1n) is 10.0. The number of thiophene rings is 1. The molecule has 0 radical (unpaired) electrons. The summed E-state index contributed by atoms with van der Waals surface area (Å²) in [6, 6.07) is 11.4. The monoisotopic (exact) mass is 562 g/mol. The second-order valence-corrected chi connectivity index (χ2v) is 10.3. The molecule has 3 rings (SSSR count). The molecule has 166 valence electrons. The highest BCUT2D eigenvalue weighted by Crippen LogP contribution is 2.14. The minimum Gasteiger partial charge on any atom is -0.357 e. The molecule has 0 saturated carbocycles. The Labute approximate surface area is 201 Å². The van der Waals surface area contributed by atoms with Crippen LogP contribution in [0.15, 0.2) is 51.7 Å². The summed E-state index contributed by atoms with van der Waals surface area (Å²) in [6.45, 7) is 8.66. The van der Waals surface area contributed by atoms with Gasteiger partial charge in [-0.25, -0.2) is 8.42 Å². The zero-order valence-electron chi connectivity index (χ0n) is 17.6. The summed E-state index contributed by atoms with van der Waals surface area (Å²) in [5, 5.41) is 5.54. The molecular weight excluding hydrogens is 531 g/mol. The van der Waals surface area contributed by atoms with Gasteiger partial charge in [-0.05, 0) is 42.5 Å². The van der Waals surface area contributed by atoms with Gasteiger partial charge in [0.1, 0.15) is 0 Å².